The first kappa shape index (κ1) is 32.0. The number of benzene rings is 2. The van der Waals surface area contributed by atoms with Gasteiger partial charge in [-0.1, -0.05) is 44.2 Å². The zero-order chi connectivity index (χ0) is 30.3. The van der Waals surface area contributed by atoms with Crippen LogP contribution >= 0.6 is 11.3 Å². The summed E-state index contributed by atoms with van der Waals surface area (Å²) in [5.41, 5.74) is 3.27. The molecule has 4 rings (SSSR count). The Labute approximate surface area is 252 Å². The molecule has 1 aliphatic heterocycles. The van der Waals surface area contributed by atoms with E-state index >= 15 is 0 Å². The van der Waals surface area contributed by atoms with Crippen LogP contribution in [-0.4, -0.2) is 90.4 Å². The van der Waals surface area contributed by atoms with Crippen molar-refractivity contribution in [3.05, 3.63) is 59.6 Å². The van der Waals surface area contributed by atoms with Crippen LogP contribution < -0.4 is 10.6 Å². The molecule has 3 atom stereocenters. The maximum absolute atomic E-state index is 13.8. The van der Waals surface area contributed by atoms with E-state index in [4.69, 9.17) is 0 Å². The van der Waals surface area contributed by atoms with E-state index < -0.39 is 34.1 Å². The van der Waals surface area contributed by atoms with Gasteiger partial charge in [0.25, 0.3) is 0 Å². The minimum Gasteiger partial charge on any atom is -0.390 e. The van der Waals surface area contributed by atoms with Crippen LogP contribution in [-0.2, 0) is 26.0 Å². The fourth-order valence-corrected chi connectivity index (χ4v) is 7.55. The first-order valence-corrected chi connectivity index (χ1v) is 16.7. The molecule has 3 unspecified atom stereocenters. The van der Waals surface area contributed by atoms with E-state index in [2.05, 4.69) is 20.5 Å². The van der Waals surface area contributed by atoms with Crippen molar-refractivity contribution in [3.8, 4) is 0 Å². The van der Waals surface area contributed by atoms with Crippen molar-refractivity contribution in [2.45, 2.75) is 63.1 Å². The van der Waals surface area contributed by atoms with E-state index in [0.29, 0.717) is 0 Å². The molecule has 3 aromatic rings. The number of nitrogens with zero attached hydrogens (tertiary/aromatic N) is 3. The molecule has 2 amide bonds. The van der Waals surface area contributed by atoms with Gasteiger partial charge in [-0.25, -0.2) is 13.4 Å². The summed E-state index contributed by atoms with van der Waals surface area (Å²) < 4.78 is 29.7. The lowest BCUT2D eigenvalue weighted by molar-refractivity contribution is -0.129. The molecular weight excluding hydrogens is 574 g/mol. The number of amides is 2. The number of hydrogen-bond donors (Lipinski definition) is 3. The highest BCUT2D eigenvalue weighted by molar-refractivity contribution is 7.89. The SMILES string of the molecule is CC(C)CN(CC(O)C(Cc1ccccc1)NC(=O)C(C)NC(=O)CN1CCCC1)S(=O)(=O)c1ccc2ncsc2c1. The van der Waals surface area contributed by atoms with Crippen molar-refractivity contribution in [2.24, 2.45) is 5.92 Å². The van der Waals surface area contributed by atoms with Crippen molar-refractivity contribution in [3.63, 3.8) is 0 Å². The Bertz CT molecular complexity index is 1440. The number of aromatic nitrogens is 1. The topological polar surface area (TPSA) is 132 Å². The normalized spacial score (nSPS) is 16.5. The van der Waals surface area contributed by atoms with Gasteiger partial charge in [-0.2, -0.15) is 4.31 Å². The quantitative estimate of drug-likeness (QED) is 0.254. The molecule has 228 valence electrons. The molecule has 0 bridgehead atoms. The van der Waals surface area contributed by atoms with Gasteiger partial charge in [0, 0.05) is 13.1 Å². The third-order valence-electron chi connectivity index (χ3n) is 7.33. The fraction of sp³-hybridized carbons (Fsp3) is 0.500. The summed E-state index contributed by atoms with van der Waals surface area (Å²) in [6.07, 6.45) is 1.18. The molecule has 0 spiro atoms. The number of rotatable bonds is 14. The predicted octanol–water partition coefficient (Wildman–Crippen LogP) is 2.63. The average molecular weight is 616 g/mol. The molecule has 12 heteroatoms. The first-order chi connectivity index (χ1) is 20.0. The summed E-state index contributed by atoms with van der Waals surface area (Å²) in [5, 5.41) is 17.1. The number of carbonyl (C=O) groups excluding carboxylic acids is 2. The smallest absolute Gasteiger partial charge is 0.243 e. The maximum Gasteiger partial charge on any atom is 0.243 e. The molecule has 2 heterocycles. The van der Waals surface area contributed by atoms with Crippen molar-refractivity contribution < 1.29 is 23.1 Å². The van der Waals surface area contributed by atoms with Gasteiger partial charge in [-0.3, -0.25) is 14.5 Å². The average Bonchev–Trinajstić information content (AvgIpc) is 3.64. The van der Waals surface area contributed by atoms with Crippen LogP contribution in [0.2, 0.25) is 0 Å². The summed E-state index contributed by atoms with van der Waals surface area (Å²) in [6.45, 7) is 7.38. The number of carbonyl (C=O) groups is 2. The molecule has 0 saturated carbocycles. The van der Waals surface area contributed by atoms with Crippen LogP contribution in [0, 0.1) is 5.92 Å². The van der Waals surface area contributed by atoms with E-state index in [1.165, 1.54) is 21.7 Å². The highest BCUT2D eigenvalue weighted by Gasteiger charge is 2.32. The van der Waals surface area contributed by atoms with Crippen LogP contribution in [0.1, 0.15) is 39.2 Å². The van der Waals surface area contributed by atoms with Crippen molar-refractivity contribution in [1.29, 1.82) is 0 Å². The molecule has 3 N–H and O–H groups in total. The number of likely N-dealkylation sites (tertiary alicyclic amines) is 1. The highest BCUT2D eigenvalue weighted by Crippen LogP contribution is 2.25. The van der Waals surface area contributed by atoms with E-state index in [1.54, 1.807) is 24.6 Å². The number of nitrogens with one attached hydrogen (secondary N) is 2. The molecule has 0 aliphatic carbocycles. The molecular formula is C30H41N5O5S2. The number of thiazole rings is 1. The molecule has 10 nitrogen and oxygen atoms in total. The van der Waals surface area contributed by atoms with E-state index in [0.717, 1.165) is 41.7 Å². The monoisotopic (exact) mass is 615 g/mol. The maximum atomic E-state index is 13.8. The van der Waals surface area contributed by atoms with Gasteiger partial charge in [0.2, 0.25) is 21.8 Å². The van der Waals surface area contributed by atoms with Gasteiger partial charge in [-0.15, -0.1) is 11.3 Å². The standard InChI is InChI=1S/C30H41N5O5S2/c1-21(2)17-35(42(39,40)24-11-12-25-28(16-24)41-20-31-25)18-27(36)26(15-23-9-5-4-6-10-23)33-30(38)22(3)32-29(37)19-34-13-7-8-14-34/h4-6,9-12,16,20-22,26-27,36H,7-8,13-15,17-19H2,1-3H3,(H,32,37)(H,33,38). The van der Waals surface area contributed by atoms with Crippen LogP contribution in [0.5, 0.6) is 0 Å². The molecule has 2 aromatic carbocycles. The Morgan fingerprint density at radius 3 is 2.45 bits per heavy atom. The Hall–Kier alpha value is -2.90. The second-order valence-electron chi connectivity index (χ2n) is 11.3. The number of aliphatic hydroxyl groups excluding tert-OH is 1. The number of hydrogen-bond acceptors (Lipinski definition) is 8. The lowest BCUT2D eigenvalue weighted by atomic mass is 10.0. The summed E-state index contributed by atoms with van der Waals surface area (Å²) >= 11 is 1.36. The Morgan fingerprint density at radius 1 is 1.05 bits per heavy atom. The third-order valence-corrected chi connectivity index (χ3v) is 9.95. The minimum atomic E-state index is -3.96. The van der Waals surface area contributed by atoms with Gasteiger partial charge >= 0.3 is 0 Å². The Balaban J connectivity index is 1.51. The Kier molecular flexibility index (Phi) is 11.1. The largest absolute Gasteiger partial charge is 0.390 e. The second-order valence-corrected chi connectivity index (χ2v) is 14.2. The summed E-state index contributed by atoms with van der Waals surface area (Å²) in [7, 11) is -3.96. The summed E-state index contributed by atoms with van der Waals surface area (Å²) in [6, 6.07) is 12.6. The second kappa shape index (κ2) is 14.5. The zero-order valence-electron chi connectivity index (χ0n) is 24.4. The Morgan fingerprint density at radius 2 is 1.76 bits per heavy atom. The lowest BCUT2D eigenvalue weighted by Crippen LogP contribution is -2.55. The highest BCUT2D eigenvalue weighted by atomic mass is 32.2. The van der Waals surface area contributed by atoms with Gasteiger partial charge in [0.05, 0.1) is 39.3 Å². The first-order valence-electron chi connectivity index (χ1n) is 14.4. The van der Waals surface area contributed by atoms with Crippen LogP contribution in [0.25, 0.3) is 10.2 Å². The van der Waals surface area contributed by atoms with Gasteiger partial charge < -0.3 is 15.7 Å². The molecule has 0 radical (unpaired) electrons. The lowest BCUT2D eigenvalue weighted by Gasteiger charge is -2.31. The van der Waals surface area contributed by atoms with E-state index in [-0.39, 0.29) is 42.8 Å². The minimum absolute atomic E-state index is 0.00730. The molecule has 42 heavy (non-hydrogen) atoms. The molecule has 1 saturated heterocycles. The molecule has 1 fully saturated rings. The fourth-order valence-electron chi connectivity index (χ4n) is 5.11. The number of sulfonamides is 1. The summed E-state index contributed by atoms with van der Waals surface area (Å²) in [4.78, 5) is 32.2. The van der Waals surface area contributed by atoms with Crippen molar-refractivity contribution >= 4 is 43.4 Å². The van der Waals surface area contributed by atoms with Crippen LogP contribution in [0.15, 0.2) is 58.9 Å². The number of fused-ring (bicyclic) bond motifs is 1. The molecule has 1 aliphatic rings. The van der Waals surface area contributed by atoms with Crippen LogP contribution in [0.4, 0.5) is 0 Å². The van der Waals surface area contributed by atoms with E-state index in [1.807, 2.05) is 44.2 Å². The number of aliphatic hydroxyl groups is 1. The van der Waals surface area contributed by atoms with Gasteiger partial charge in [-0.05, 0) is 69.0 Å². The van der Waals surface area contributed by atoms with Gasteiger partial charge in [0.15, 0.2) is 0 Å². The van der Waals surface area contributed by atoms with Crippen molar-refractivity contribution in [2.75, 3.05) is 32.7 Å². The third kappa shape index (κ3) is 8.57. The van der Waals surface area contributed by atoms with E-state index in [9.17, 15) is 23.1 Å². The van der Waals surface area contributed by atoms with Crippen molar-refractivity contribution in [1.82, 2.24) is 24.8 Å². The molecule has 1 aromatic heterocycles. The van der Waals surface area contributed by atoms with Crippen LogP contribution in [0.3, 0.4) is 0 Å². The summed E-state index contributed by atoms with van der Waals surface area (Å²) in [5.74, 6) is -0.683. The van der Waals surface area contributed by atoms with Gasteiger partial charge in [0.1, 0.15) is 6.04 Å². The predicted molar refractivity (Wildman–Crippen MR) is 165 cm³/mol. The zero-order valence-corrected chi connectivity index (χ0v) is 26.0.